The zero-order chi connectivity index (χ0) is 20.8. The largest absolute Gasteiger partial charge is 0.462 e. The van der Waals surface area contributed by atoms with Gasteiger partial charge < -0.3 is 14.4 Å². The summed E-state index contributed by atoms with van der Waals surface area (Å²) in [6, 6.07) is 15.4. The molecule has 1 aliphatic heterocycles. The van der Waals surface area contributed by atoms with Crippen LogP contribution < -0.4 is 4.90 Å². The monoisotopic (exact) mass is 380 g/mol. The van der Waals surface area contributed by atoms with Crippen molar-refractivity contribution in [3.05, 3.63) is 70.8 Å². The second kappa shape index (κ2) is 9.22. The van der Waals surface area contributed by atoms with Crippen LogP contribution in [-0.2, 0) is 32.0 Å². The van der Waals surface area contributed by atoms with E-state index in [1.54, 1.807) is 13.8 Å². The summed E-state index contributed by atoms with van der Waals surface area (Å²) in [5.74, 6) is -1.43. The lowest BCUT2D eigenvalue weighted by atomic mass is 9.98. The standard InChI is InChI=1S/C23H25NO4/c1-3-27-22(25)20(23(26)28-4-2)15-18-10-7-8-12-21(18)24-14-13-17-9-5-6-11-19(17)16-24/h5-12,15H,3-4,13-14,16H2,1-2H3/i16D. The van der Waals surface area contributed by atoms with Crippen LogP contribution in [0.3, 0.4) is 0 Å². The first-order chi connectivity index (χ1) is 14.1. The van der Waals surface area contributed by atoms with Crippen LogP contribution in [0.4, 0.5) is 5.69 Å². The first-order valence-corrected chi connectivity index (χ1v) is 9.48. The number of carbonyl (C=O) groups is 2. The van der Waals surface area contributed by atoms with Crippen molar-refractivity contribution in [1.29, 1.82) is 0 Å². The number of rotatable bonds is 6. The van der Waals surface area contributed by atoms with E-state index in [4.69, 9.17) is 10.8 Å². The van der Waals surface area contributed by atoms with E-state index >= 15 is 0 Å². The maximum atomic E-state index is 12.3. The Labute approximate surface area is 167 Å². The Balaban J connectivity index is 2.01. The minimum Gasteiger partial charge on any atom is -0.462 e. The van der Waals surface area contributed by atoms with E-state index in [2.05, 4.69) is 6.07 Å². The van der Waals surface area contributed by atoms with Crippen molar-refractivity contribution in [2.24, 2.45) is 0 Å². The second-order valence-electron chi connectivity index (χ2n) is 6.33. The number of esters is 2. The highest BCUT2D eigenvalue weighted by molar-refractivity contribution is 6.18. The molecule has 5 nitrogen and oxygen atoms in total. The molecule has 0 radical (unpaired) electrons. The van der Waals surface area contributed by atoms with Gasteiger partial charge in [0.25, 0.3) is 0 Å². The number of hydrogen-bond donors (Lipinski definition) is 0. The Hall–Kier alpha value is -3.08. The summed E-state index contributed by atoms with van der Waals surface area (Å²) in [7, 11) is 0. The van der Waals surface area contributed by atoms with Gasteiger partial charge in [0, 0.05) is 18.8 Å². The molecule has 1 heterocycles. The Morgan fingerprint density at radius 3 is 2.29 bits per heavy atom. The van der Waals surface area contributed by atoms with Crippen LogP contribution in [-0.4, -0.2) is 31.7 Å². The summed E-state index contributed by atoms with van der Waals surface area (Å²) in [5, 5.41) is 0. The lowest BCUT2D eigenvalue weighted by Gasteiger charge is -2.32. The van der Waals surface area contributed by atoms with Gasteiger partial charge in [0.15, 0.2) is 0 Å². The molecule has 0 saturated carbocycles. The predicted molar refractivity (Wildman–Crippen MR) is 109 cm³/mol. The van der Waals surface area contributed by atoms with Crippen LogP contribution in [0.15, 0.2) is 54.1 Å². The third kappa shape index (κ3) is 4.42. The molecule has 2 aromatic carbocycles. The first kappa shape index (κ1) is 18.3. The fourth-order valence-corrected chi connectivity index (χ4v) is 3.20. The molecule has 1 unspecified atom stereocenters. The predicted octanol–water partition coefficient (Wildman–Crippen LogP) is 3.76. The van der Waals surface area contributed by atoms with Gasteiger partial charge >= 0.3 is 11.9 Å². The van der Waals surface area contributed by atoms with Gasteiger partial charge in [-0.1, -0.05) is 42.5 Å². The number of benzene rings is 2. The van der Waals surface area contributed by atoms with Gasteiger partial charge in [0.05, 0.1) is 14.6 Å². The van der Waals surface area contributed by atoms with Crippen molar-refractivity contribution in [2.45, 2.75) is 26.8 Å². The van der Waals surface area contributed by atoms with E-state index in [9.17, 15) is 9.59 Å². The molecule has 0 amide bonds. The van der Waals surface area contributed by atoms with Crippen molar-refractivity contribution in [3.63, 3.8) is 0 Å². The average Bonchev–Trinajstić information content (AvgIpc) is 2.73. The molecule has 1 aliphatic rings. The van der Waals surface area contributed by atoms with Crippen LogP contribution in [0.1, 0.15) is 31.9 Å². The van der Waals surface area contributed by atoms with Crippen molar-refractivity contribution in [3.8, 4) is 0 Å². The quantitative estimate of drug-likeness (QED) is 0.331. The third-order valence-corrected chi connectivity index (χ3v) is 4.51. The van der Waals surface area contributed by atoms with Gasteiger partial charge in [-0.05, 0) is 49.1 Å². The molecule has 0 saturated heterocycles. The molecule has 3 rings (SSSR count). The van der Waals surface area contributed by atoms with E-state index < -0.39 is 18.5 Å². The lowest BCUT2D eigenvalue weighted by Crippen LogP contribution is -2.30. The molecular weight excluding hydrogens is 354 g/mol. The summed E-state index contributed by atoms with van der Waals surface area (Å²) < 4.78 is 18.8. The molecule has 0 N–H and O–H groups in total. The Morgan fingerprint density at radius 1 is 1.00 bits per heavy atom. The van der Waals surface area contributed by atoms with E-state index in [-0.39, 0.29) is 18.8 Å². The number of hydrogen-bond acceptors (Lipinski definition) is 5. The van der Waals surface area contributed by atoms with Crippen LogP contribution in [0.25, 0.3) is 6.08 Å². The van der Waals surface area contributed by atoms with Gasteiger partial charge in [-0.3, -0.25) is 0 Å². The van der Waals surface area contributed by atoms with Gasteiger partial charge in [-0.25, -0.2) is 9.59 Å². The molecule has 146 valence electrons. The van der Waals surface area contributed by atoms with E-state index in [0.717, 1.165) is 17.7 Å². The smallest absolute Gasteiger partial charge is 0.345 e. The minimum absolute atomic E-state index is 0.153. The van der Waals surface area contributed by atoms with Crippen molar-refractivity contribution in [1.82, 2.24) is 0 Å². The van der Waals surface area contributed by atoms with Crippen molar-refractivity contribution >= 4 is 23.7 Å². The SMILES string of the molecule is [2H]C1c2ccccc2CCN1c1ccccc1C=C(C(=O)OCC)C(=O)OCC. The molecule has 2 aromatic rings. The number of nitrogens with zero attached hydrogens (tertiary/aromatic N) is 1. The lowest BCUT2D eigenvalue weighted by molar-refractivity contribution is -0.146. The van der Waals surface area contributed by atoms with Gasteiger partial charge in [0.2, 0.25) is 0 Å². The van der Waals surface area contributed by atoms with Crippen LogP contribution in [0.2, 0.25) is 0 Å². The maximum Gasteiger partial charge on any atom is 0.345 e. The molecule has 28 heavy (non-hydrogen) atoms. The van der Waals surface area contributed by atoms with Crippen LogP contribution >= 0.6 is 0 Å². The molecule has 1 atom stereocenters. The van der Waals surface area contributed by atoms with Crippen LogP contribution in [0.5, 0.6) is 0 Å². The topological polar surface area (TPSA) is 55.8 Å². The maximum absolute atomic E-state index is 12.3. The molecule has 0 aliphatic carbocycles. The highest BCUT2D eigenvalue weighted by atomic mass is 16.6. The first-order valence-electron chi connectivity index (χ1n) is 10.1. The van der Waals surface area contributed by atoms with Gasteiger partial charge in [-0.15, -0.1) is 0 Å². The number of para-hydroxylation sites is 1. The summed E-state index contributed by atoms with van der Waals surface area (Å²) in [5.41, 5.74) is 3.44. The normalized spacial score (nSPS) is 15.9. The average molecular weight is 380 g/mol. The molecular formula is C23H25NO4. The molecule has 0 fully saturated rings. The van der Waals surface area contributed by atoms with E-state index in [1.165, 1.54) is 11.6 Å². The minimum atomic E-state index is -0.716. The fraction of sp³-hybridized carbons (Fsp3) is 0.304. The fourth-order valence-electron chi connectivity index (χ4n) is 3.20. The summed E-state index contributed by atoms with van der Waals surface area (Å²) >= 11 is 0. The van der Waals surface area contributed by atoms with Gasteiger partial charge in [0.1, 0.15) is 5.57 Å². The highest BCUT2D eigenvalue weighted by Crippen LogP contribution is 2.29. The number of ether oxygens (including phenoxy) is 2. The number of fused-ring (bicyclic) bond motifs is 1. The van der Waals surface area contributed by atoms with E-state index in [0.29, 0.717) is 12.1 Å². The highest BCUT2D eigenvalue weighted by Gasteiger charge is 2.23. The number of anilines is 1. The zero-order valence-corrected chi connectivity index (χ0v) is 16.2. The Morgan fingerprint density at radius 2 is 1.61 bits per heavy atom. The van der Waals surface area contributed by atoms with Crippen molar-refractivity contribution in [2.75, 3.05) is 24.7 Å². The zero-order valence-electron chi connectivity index (χ0n) is 17.2. The van der Waals surface area contributed by atoms with E-state index in [1.807, 2.05) is 47.4 Å². The van der Waals surface area contributed by atoms with Crippen LogP contribution in [0, 0.1) is 0 Å². The summed E-state index contributed by atoms with van der Waals surface area (Å²) in [6.07, 6.45) is 2.32. The third-order valence-electron chi connectivity index (χ3n) is 4.51. The summed E-state index contributed by atoms with van der Waals surface area (Å²) in [6.45, 7) is 3.80. The Kier molecular flexibility index (Phi) is 6.02. The molecule has 5 heteroatoms. The Bertz CT molecular complexity index is 905. The molecule has 0 bridgehead atoms. The molecule has 0 aromatic heterocycles. The summed E-state index contributed by atoms with van der Waals surface area (Å²) in [4.78, 5) is 26.6. The number of carbonyl (C=O) groups excluding carboxylic acids is 2. The van der Waals surface area contributed by atoms with Crippen molar-refractivity contribution < 1.29 is 20.4 Å². The van der Waals surface area contributed by atoms with Gasteiger partial charge in [-0.2, -0.15) is 0 Å². The second-order valence-corrected chi connectivity index (χ2v) is 6.33. The molecule has 0 spiro atoms.